The Kier molecular flexibility index (Phi) is 5.22. The Hall–Kier alpha value is -4.91. The van der Waals surface area contributed by atoms with Crippen molar-refractivity contribution < 1.29 is 4.79 Å². The lowest BCUT2D eigenvalue weighted by atomic mass is 10.1. The molecule has 0 aliphatic rings. The number of carbonyl (C=O) groups excluding carboxylic acids is 1. The third-order valence-electron chi connectivity index (χ3n) is 6.32. The van der Waals surface area contributed by atoms with Crippen LogP contribution < -0.4 is 10.6 Å². The summed E-state index contributed by atoms with van der Waals surface area (Å²) in [5, 5.41) is 5.75. The summed E-state index contributed by atoms with van der Waals surface area (Å²) in [6.07, 6.45) is 0. The number of nitrogens with zero attached hydrogens (tertiary/aromatic N) is 2. The van der Waals surface area contributed by atoms with E-state index in [1.54, 1.807) is 0 Å². The molecule has 4 N–H and O–H groups in total. The number of H-pyrrole nitrogens is 2. The van der Waals surface area contributed by atoms with Gasteiger partial charge in [0.1, 0.15) is 11.6 Å². The van der Waals surface area contributed by atoms with Crippen LogP contribution in [0.15, 0.2) is 84.9 Å². The number of aromatic amines is 2. The van der Waals surface area contributed by atoms with Gasteiger partial charge in [-0.1, -0.05) is 12.1 Å². The number of anilines is 2. The largest absolute Gasteiger partial charge is 0.338 e. The van der Waals surface area contributed by atoms with Gasteiger partial charge < -0.3 is 20.6 Å². The van der Waals surface area contributed by atoms with Crippen molar-refractivity contribution in [3.05, 3.63) is 96.1 Å². The first-order chi connectivity index (χ1) is 17.5. The maximum absolute atomic E-state index is 12.5. The number of hydrogen-bond acceptors (Lipinski definition) is 3. The molecular weight excluding hydrogens is 448 g/mol. The molecule has 0 aliphatic carbocycles. The number of urea groups is 1. The lowest BCUT2D eigenvalue weighted by Crippen LogP contribution is -2.19. The molecule has 7 heteroatoms. The molecule has 7 nitrogen and oxygen atoms in total. The van der Waals surface area contributed by atoms with E-state index in [4.69, 9.17) is 4.98 Å². The van der Waals surface area contributed by atoms with E-state index in [0.29, 0.717) is 11.4 Å². The summed E-state index contributed by atoms with van der Waals surface area (Å²) >= 11 is 0. The third kappa shape index (κ3) is 4.18. The molecule has 176 valence electrons. The van der Waals surface area contributed by atoms with Crippen molar-refractivity contribution in [2.75, 3.05) is 10.6 Å². The van der Waals surface area contributed by atoms with Gasteiger partial charge in [0.2, 0.25) is 0 Å². The summed E-state index contributed by atoms with van der Waals surface area (Å²) in [4.78, 5) is 28.6. The van der Waals surface area contributed by atoms with Crippen LogP contribution in [0.1, 0.15) is 11.1 Å². The van der Waals surface area contributed by atoms with Gasteiger partial charge in [-0.25, -0.2) is 14.8 Å². The minimum Gasteiger partial charge on any atom is -0.338 e. The Morgan fingerprint density at radius 3 is 1.78 bits per heavy atom. The van der Waals surface area contributed by atoms with E-state index >= 15 is 0 Å². The zero-order valence-corrected chi connectivity index (χ0v) is 19.9. The molecule has 2 heterocycles. The normalized spacial score (nSPS) is 11.2. The number of amides is 2. The molecule has 4 aromatic carbocycles. The fourth-order valence-electron chi connectivity index (χ4n) is 4.21. The van der Waals surface area contributed by atoms with Crippen molar-refractivity contribution in [3.63, 3.8) is 0 Å². The second-order valence-corrected chi connectivity index (χ2v) is 8.88. The highest BCUT2D eigenvalue weighted by molar-refractivity contribution is 6.00. The molecule has 6 rings (SSSR count). The molecule has 2 amide bonds. The van der Waals surface area contributed by atoms with Crippen molar-refractivity contribution in [2.45, 2.75) is 13.8 Å². The molecule has 0 spiro atoms. The first kappa shape index (κ1) is 21.6. The standard InChI is InChI=1S/C29H24N6O/c1-17-15-25-26(16-18(17)2)35-28(34-25)20-9-13-22(14-10-20)31-29(36)30-21-11-7-19(8-12-21)27-32-23-5-3-4-6-24(23)33-27/h3-16H,1-2H3,(H,32,33)(H,34,35)(H2,30,31,36). The second-order valence-electron chi connectivity index (χ2n) is 8.88. The van der Waals surface area contributed by atoms with Crippen molar-refractivity contribution in [1.29, 1.82) is 0 Å². The zero-order chi connectivity index (χ0) is 24.6. The quantitative estimate of drug-likeness (QED) is 0.222. The SMILES string of the molecule is Cc1cc2nc(-c3ccc(NC(=O)Nc4ccc(-c5nc6ccccc6[nH]5)cc4)cc3)[nH]c2cc1C. The Morgan fingerprint density at radius 2 is 1.17 bits per heavy atom. The number of benzene rings is 4. The van der Waals surface area contributed by atoms with Gasteiger partial charge in [-0.3, -0.25) is 0 Å². The van der Waals surface area contributed by atoms with Crippen LogP contribution in [0.3, 0.4) is 0 Å². The van der Waals surface area contributed by atoms with E-state index in [1.165, 1.54) is 11.1 Å². The molecule has 0 radical (unpaired) electrons. The lowest BCUT2D eigenvalue weighted by molar-refractivity contribution is 0.262. The fourth-order valence-corrected chi connectivity index (χ4v) is 4.21. The average molecular weight is 473 g/mol. The first-order valence-corrected chi connectivity index (χ1v) is 11.7. The highest BCUT2D eigenvalue weighted by Crippen LogP contribution is 2.25. The zero-order valence-electron chi connectivity index (χ0n) is 19.9. The van der Waals surface area contributed by atoms with Crippen LogP contribution in [-0.4, -0.2) is 26.0 Å². The maximum atomic E-state index is 12.5. The summed E-state index contributed by atoms with van der Waals surface area (Å²) in [5.41, 5.74) is 9.60. The summed E-state index contributed by atoms with van der Waals surface area (Å²) in [7, 11) is 0. The van der Waals surface area contributed by atoms with Gasteiger partial charge in [-0.05, 0) is 97.8 Å². The number of aromatic nitrogens is 4. The van der Waals surface area contributed by atoms with Crippen molar-refractivity contribution in [1.82, 2.24) is 19.9 Å². The molecule has 0 saturated heterocycles. The molecular formula is C29H24N6O. The number of hydrogen-bond donors (Lipinski definition) is 4. The first-order valence-electron chi connectivity index (χ1n) is 11.7. The summed E-state index contributed by atoms with van der Waals surface area (Å²) in [5.74, 6) is 1.59. The van der Waals surface area contributed by atoms with Gasteiger partial charge in [0, 0.05) is 22.5 Å². The Bertz CT molecular complexity index is 1640. The van der Waals surface area contributed by atoms with Crippen molar-refractivity contribution in [2.24, 2.45) is 0 Å². The van der Waals surface area contributed by atoms with Crippen LogP contribution in [0.2, 0.25) is 0 Å². The highest BCUT2D eigenvalue weighted by atomic mass is 16.2. The van der Waals surface area contributed by atoms with Crippen LogP contribution in [-0.2, 0) is 0 Å². The highest BCUT2D eigenvalue weighted by Gasteiger charge is 2.09. The monoisotopic (exact) mass is 472 g/mol. The number of fused-ring (bicyclic) bond motifs is 2. The van der Waals surface area contributed by atoms with E-state index in [1.807, 2.05) is 72.8 Å². The van der Waals surface area contributed by atoms with Gasteiger partial charge in [-0.15, -0.1) is 0 Å². The Morgan fingerprint density at radius 1 is 0.639 bits per heavy atom. The second kappa shape index (κ2) is 8.70. The van der Waals surface area contributed by atoms with Gasteiger partial charge in [0.15, 0.2) is 0 Å². The molecule has 2 aromatic heterocycles. The molecule has 0 bridgehead atoms. The minimum absolute atomic E-state index is 0.311. The summed E-state index contributed by atoms with van der Waals surface area (Å²) < 4.78 is 0. The van der Waals surface area contributed by atoms with Crippen molar-refractivity contribution in [3.8, 4) is 22.8 Å². The van der Waals surface area contributed by atoms with Crippen LogP contribution in [0.5, 0.6) is 0 Å². The van der Waals surface area contributed by atoms with E-state index in [2.05, 4.69) is 51.6 Å². The van der Waals surface area contributed by atoms with E-state index in [0.717, 1.165) is 44.8 Å². The van der Waals surface area contributed by atoms with E-state index < -0.39 is 0 Å². The topological polar surface area (TPSA) is 98.5 Å². The third-order valence-corrected chi connectivity index (χ3v) is 6.32. The van der Waals surface area contributed by atoms with Crippen LogP contribution in [0, 0.1) is 13.8 Å². The van der Waals surface area contributed by atoms with E-state index in [9.17, 15) is 4.79 Å². The van der Waals surface area contributed by atoms with Gasteiger partial charge in [0.05, 0.1) is 22.1 Å². The molecule has 0 unspecified atom stereocenters. The molecule has 0 fully saturated rings. The Balaban J connectivity index is 1.11. The fraction of sp³-hybridized carbons (Fsp3) is 0.0690. The number of nitrogens with one attached hydrogen (secondary N) is 4. The summed E-state index contributed by atoms with van der Waals surface area (Å²) in [6, 6.07) is 27.0. The van der Waals surface area contributed by atoms with Crippen LogP contribution in [0.25, 0.3) is 44.8 Å². The summed E-state index contributed by atoms with van der Waals surface area (Å²) in [6.45, 7) is 4.18. The lowest BCUT2D eigenvalue weighted by Gasteiger charge is -2.08. The number of rotatable bonds is 4. The number of imidazole rings is 2. The van der Waals surface area contributed by atoms with Crippen LogP contribution in [0.4, 0.5) is 16.2 Å². The number of carbonyl (C=O) groups is 1. The maximum Gasteiger partial charge on any atom is 0.323 e. The molecule has 6 aromatic rings. The minimum atomic E-state index is -0.311. The molecule has 36 heavy (non-hydrogen) atoms. The average Bonchev–Trinajstić information content (AvgIpc) is 3.49. The number of aryl methyl sites for hydroxylation is 2. The van der Waals surface area contributed by atoms with E-state index in [-0.39, 0.29) is 6.03 Å². The van der Waals surface area contributed by atoms with Gasteiger partial charge >= 0.3 is 6.03 Å². The predicted octanol–water partition coefficient (Wildman–Crippen LogP) is 7.03. The van der Waals surface area contributed by atoms with Crippen molar-refractivity contribution >= 4 is 39.5 Å². The number of para-hydroxylation sites is 2. The van der Waals surface area contributed by atoms with Gasteiger partial charge in [0.25, 0.3) is 0 Å². The Labute approximate surface area is 207 Å². The molecule has 0 atom stereocenters. The molecule has 0 saturated carbocycles. The predicted molar refractivity (Wildman–Crippen MR) is 145 cm³/mol. The van der Waals surface area contributed by atoms with Gasteiger partial charge in [-0.2, -0.15) is 0 Å². The van der Waals surface area contributed by atoms with Crippen LogP contribution >= 0.6 is 0 Å². The molecule has 0 aliphatic heterocycles. The smallest absolute Gasteiger partial charge is 0.323 e.